The van der Waals surface area contributed by atoms with Crippen LogP contribution in [-0.4, -0.2) is 0 Å². The lowest BCUT2D eigenvalue weighted by atomic mass is 10.0. The Balaban J connectivity index is 1.74. The van der Waals surface area contributed by atoms with Crippen LogP contribution in [0.15, 0.2) is 24.3 Å². The zero-order valence-corrected chi connectivity index (χ0v) is 16.7. The molecule has 0 unspecified atom stereocenters. The van der Waals surface area contributed by atoms with Crippen molar-refractivity contribution in [1.82, 2.24) is 0 Å². The smallest absolute Gasteiger partial charge is 0.178 e. The van der Waals surface area contributed by atoms with Crippen LogP contribution in [0.25, 0.3) is 0 Å². The van der Waals surface area contributed by atoms with Gasteiger partial charge in [0.2, 0.25) is 0 Å². The van der Waals surface area contributed by atoms with Gasteiger partial charge in [-0.1, -0.05) is 115 Å². The van der Waals surface area contributed by atoms with Gasteiger partial charge in [-0.25, -0.2) is 0 Å². The molecular formula is C24H41O. The van der Waals surface area contributed by atoms with Crippen molar-refractivity contribution in [2.75, 3.05) is 0 Å². The van der Waals surface area contributed by atoms with E-state index in [2.05, 4.69) is 6.92 Å². The van der Waals surface area contributed by atoms with Crippen molar-refractivity contribution < 1.29 is 5.11 Å². The molecule has 143 valence electrons. The predicted molar refractivity (Wildman–Crippen MR) is 110 cm³/mol. The third-order valence-electron chi connectivity index (χ3n) is 5.24. The van der Waals surface area contributed by atoms with Gasteiger partial charge in [0.25, 0.3) is 0 Å². The number of hydrogen-bond acceptors (Lipinski definition) is 0. The first-order valence-electron chi connectivity index (χ1n) is 11.1. The fraction of sp³-hybridized carbons (Fsp3) is 0.750. The number of benzene rings is 1. The molecule has 0 fully saturated rings. The van der Waals surface area contributed by atoms with Crippen molar-refractivity contribution in [2.45, 2.75) is 116 Å². The molecule has 1 nitrogen and oxygen atoms in total. The molecule has 0 aromatic heterocycles. The van der Waals surface area contributed by atoms with E-state index in [0.717, 1.165) is 6.42 Å². The van der Waals surface area contributed by atoms with Crippen molar-refractivity contribution in [3.05, 3.63) is 29.8 Å². The summed E-state index contributed by atoms with van der Waals surface area (Å²) in [6.45, 7) is 2.29. The molecule has 0 saturated carbocycles. The maximum atomic E-state index is 11.0. The Morgan fingerprint density at radius 2 is 0.880 bits per heavy atom. The molecule has 1 rings (SSSR count). The molecule has 0 aliphatic rings. The lowest BCUT2D eigenvalue weighted by Gasteiger charge is -2.04. The molecule has 1 heteroatoms. The van der Waals surface area contributed by atoms with Crippen molar-refractivity contribution in [2.24, 2.45) is 0 Å². The van der Waals surface area contributed by atoms with Crippen LogP contribution < -0.4 is 0 Å². The van der Waals surface area contributed by atoms with Gasteiger partial charge in [0, 0.05) is 0 Å². The minimum absolute atomic E-state index is 0.121. The van der Waals surface area contributed by atoms with Gasteiger partial charge in [-0.15, -0.1) is 0 Å². The topological polar surface area (TPSA) is 19.9 Å². The molecule has 0 amide bonds. The molecule has 1 aromatic rings. The van der Waals surface area contributed by atoms with E-state index in [4.69, 9.17) is 0 Å². The van der Waals surface area contributed by atoms with Gasteiger partial charge in [0.1, 0.15) is 0 Å². The van der Waals surface area contributed by atoms with Crippen LogP contribution in [0.5, 0.6) is 5.75 Å². The van der Waals surface area contributed by atoms with Crippen molar-refractivity contribution in [3.63, 3.8) is 0 Å². The summed E-state index contributed by atoms with van der Waals surface area (Å²) in [7, 11) is 0. The summed E-state index contributed by atoms with van der Waals surface area (Å²) in [5, 5.41) is 11.0. The average molecular weight is 346 g/mol. The Morgan fingerprint density at radius 1 is 0.520 bits per heavy atom. The molecule has 0 N–H and O–H groups in total. The highest BCUT2D eigenvalue weighted by atomic mass is 16.3. The zero-order chi connectivity index (χ0) is 18.0. The van der Waals surface area contributed by atoms with E-state index >= 15 is 0 Å². The SMILES string of the molecule is CCCCCCCCCCCCCCCCCCc1ccc([O])cc1. The molecular weight excluding hydrogens is 304 g/mol. The lowest BCUT2D eigenvalue weighted by Crippen LogP contribution is -1.86. The second-order valence-corrected chi connectivity index (χ2v) is 7.70. The van der Waals surface area contributed by atoms with Crippen LogP contribution in [0.4, 0.5) is 0 Å². The Hall–Kier alpha value is -0.980. The summed E-state index contributed by atoms with van der Waals surface area (Å²) in [5.74, 6) is 0.121. The van der Waals surface area contributed by atoms with Crippen LogP contribution in [0.2, 0.25) is 0 Å². The normalized spacial score (nSPS) is 11.1. The van der Waals surface area contributed by atoms with E-state index in [9.17, 15) is 5.11 Å². The molecule has 0 saturated heterocycles. The van der Waals surface area contributed by atoms with Gasteiger partial charge in [-0.05, 0) is 30.5 Å². The average Bonchev–Trinajstić information content (AvgIpc) is 2.63. The highest BCUT2D eigenvalue weighted by Crippen LogP contribution is 2.15. The van der Waals surface area contributed by atoms with Crippen molar-refractivity contribution in [1.29, 1.82) is 0 Å². The van der Waals surface area contributed by atoms with Gasteiger partial charge >= 0.3 is 0 Å². The summed E-state index contributed by atoms with van der Waals surface area (Å²) in [4.78, 5) is 0. The second-order valence-electron chi connectivity index (χ2n) is 7.70. The van der Waals surface area contributed by atoms with Crippen LogP contribution in [-0.2, 0) is 11.5 Å². The van der Waals surface area contributed by atoms with Gasteiger partial charge < -0.3 is 0 Å². The molecule has 1 radical (unpaired) electrons. The van der Waals surface area contributed by atoms with Gasteiger partial charge in [0.05, 0.1) is 0 Å². The highest BCUT2D eigenvalue weighted by Gasteiger charge is 1.97. The van der Waals surface area contributed by atoms with E-state index in [1.807, 2.05) is 12.1 Å². The summed E-state index contributed by atoms with van der Waals surface area (Å²) >= 11 is 0. The minimum atomic E-state index is 0.121. The predicted octanol–water partition coefficient (Wildman–Crippen LogP) is 8.63. The van der Waals surface area contributed by atoms with Gasteiger partial charge in [-0.2, -0.15) is 0 Å². The standard InChI is InChI=1S/C24H41O/c1-2-3-4-5-6-7-8-9-10-11-12-13-14-15-16-17-18-23-19-21-24(25)22-20-23/h19-22H,2-18H2,1H3. The fourth-order valence-corrected chi connectivity index (χ4v) is 3.53. The van der Waals surface area contributed by atoms with E-state index in [0.29, 0.717) is 0 Å². The Morgan fingerprint density at radius 3 is 1.28 bits per heavy atom. The van der Waals surface area contributed by atoms with E-state index in [-0.39, 0.29) is 5.75 Å². The summed E-state index contributed by atoms with van der Waals surface area (Å²) < 4.78 is 0. The Bertz CT molecular complexity index is 382. The van der Waals surface area contributed by atoms with Crippen LogP contribution in [0, 0.1) is 0 Å². The first-order chi connectivity index (χ1) is 12.3. The molecule has 0 spiro atoms. The zero-order valence-electron chi connectivity index (χ0n) is 16.7. The third-order valence-corrected chi connectivity index (χ3v) is 5.24. The maximum absolute atomic E-state index is 11.0. The number of hydrogen-bond donors (Lipinski definition) is 0. The quantitative estimate of drug-likeness (QED) is 0.252. The molecule has 0 heterocycles. The van der Waals surface area contributed by atoms with Gasteiger partial charge in [0.15, 0.2) is 5.75 Å². The summed E-state index contributed by atoms with van der Waals surface area (Å²) in [5.41, 5.74) is 1.31. The van der Waals surface area contributed by atoms with E-state index < -0.39 is 0 Å². The summed E-state index contributed by atoms with van der Waals surface area (Å²) in [6.07, 6.45) is 23.7. The molecule has 1 aromatic carbocycles. The number of unbranched alkanes of at least 4 members (excludes halogenated alkanes) is 15. The van der Waals surface area contributed by atoms with Crippen molar-refractivity contribution >= 4 is 0 Å². The first kappa shape index (κ1) is 22.1. The van der Waals surface area contributed by atoms with E-state index in [1.54, 1.807) is 12.1 Å². The maximum Gasteiger partial charge on any atom is 0.178 e. The Labute approximate surface area is 157 Å². The minimum Gasteiger partial charge on any atom is -0.290 e. The van der Waals surface area contributed by atoms with Crippen molar-refractivity contribution in [3.8, 4) is 5.75 Å². The number of aryl methyl sites for hydroxylation is 1. The van der Waals surface area contributed by atoms with E-state index in [1.165, 1.54) is 108 Å². The fourth-order valence-electron chi connectivity index (χ4n) is 3.53. The molecule has 25 heavy (non-hydrogen) atoms. The largest absolute Gasteiger partial charge is 0.290 e. The van der Waals surface area contributed by atoms with Gasteiger partial charge in [-0.3, -0.25) is 5.11 Å². The summed E-state index contributed by atoms with van der Waals surface area (Å²) in [6, 6.07) is 7.32. The first-order valence-corrected chi connectivity index (χ1v) is 11.1. The highest BCUT2D eigenvalue weighted by molar-refractivity contribution is 5.25. The molecule has 0 aliphatic carbocycles. The second kappa shape index (κ2) is 16.5. The monoisotopic (exact) mass is 345 g/mol. The molecule has 0 bridgehead atoms. The van der Waals surface area contributed by atoms with Crippen LogP contribution in [0.1, 0.15) is 115 Å². The lowest BCUT2D eigenvalue weighted by molar-refractivity contribution is 0.355. The molecule has 0 aliphatic heterocycles. The van der Waals surface area contributed by atoms with Crippen LogP contribution in [0.3, 0.4) is 0 Å². The number of rotatable bonds is 17. The third kappa shape index (κ3) is 13.9. The van der Waals surface area contributed by atoms with Crippen LogP contribution >= 0.6 is 0 Å². The Kier molecular flexibility index (Phi) is 14.5. The molecule has 0 atom stereocenters.